The summed E-state index contributed by atoms with van der Waals surface area (Å²) in [7, 11) is 0. The van der Waals surface area contributed by atoms with Gasteiger partial charge in [0.25, 0.3) is 0 Å². The van der Waals surface area contributed by atoms with Crippen LogP contribution in [0.3, 0.4) is 0 Å². The van der Waals surface area contributed by atoms with Crippen molar-refractivity contribution in [1.29, 1.82) is 0 Å². The van der Waals surface area contributed by atoms with E-state index in [1.807, 2.05) is 39.0 Å². The summed E-state index contributed by atoms with van der Waals surface area (Å²) >= 11 is 0. The molecular formula is C13H17NO4. The number of amides is 1. The fourth-order valence-electron chi connectivity index (χ4n) is 1.55. The minimum atomic E-state index is -0.707. The summed E-state index contributed by atoms with van der Waals surface area (Å²) in [5.74, 6) is -0.666. The highest BCUT2D eigenvalue weighted by Gasteiger charge is 2.19. The first-order chi connectivity index (χ1) is 8.45. The van der Waals surface area contributed by atoms with E-state index in [0.717, 1.165) is 16.8 Å². The first-order valence-electron chi connectivity index (χ1n) is 5.69. The Hall–Kier alpha value is -2.04. The molecule has 0 aromatic heterocycles. The lowest BCUT2D eigenvalue weighted by Gasteiger charge is -2.21. The van der Waals surface area contributed by atoms with Crippen molar-refractivity contribution in [2.75, 3.05) is 11.4 Å². The van der Waals surface area contributed by atoms with Crippen molar-refractivity contribution in [3.8, 4) is 0 Å². The van der Waals surface area contributed by atoms with E-state index < -0.39 is 12.1 Å². The Morgan fingerprint density at radius 3 is 2.44 bits per heavy atom. The van der Waals surface area contributed by atoms with Crippen molar-refractivity contribution in [3.05, 3.63) is 29.3 Å². The number of rotatable bonds is 2. The summed E-state index contributed by atoms with van der Waals surface area (Å²) < 4.78 is 0. The second-order valence-electron chi connectivity index (χ2n) is 3.96. The number of aryl methyl sites for hydroxylation is 2. The molecule has 0 spiro atoms. The van der Waals surface area contributed by atoms with Crippen molar-refractivity contribution in [3.63, 3.8) is 0 Å². The van der Waals surface area contributed by atoms with Gasteiger partial charge in [-0.1, -0.05) is 12.1 Å². The number of benzene rings is 1. The summed E-state index contributed by atoms with van der Waals surface area (Å²) in [4.78, 5) is 32.5. The molecule has 18 heavy (non-hydrogen) atoms. The average molecular weight is 251 g/mol. The fourth-order valence-corrected chi connectivity index (χ4v) is 1.55. The number of hydrogen-bond donors (Lipinski definition) is 0. The molecule has 0 heterocycles. The van der Waals surface area contributed by atoms with Gasteiger partial charge in [-0.05, 0) is 38.0 Å². The molecule has 0 bridgehead atoms. The first-order valence-corrected chi connectivity index (χ1v) is 5.69. The van der Waals surface area contributed by atoms with Gasteiger partial charge in [-0.15, -0.1) is 0 Å². The predicted molar refractivity (Wildman–Crippen MR) is 67.2 cm³/mol. The average Bonchev–Trinajstić information content (AvgIpc) is 2.32. The van der Waals surface area contributed by atoms with Gasteiger partial charge in [-0.25, -0.2) is 19.4 Å². The van der Waals surface area contributed by atoms with Crippen LogP contribution in [0.15, 0.2) is 18.2 Å². The molecule has 0 aliphatic carbocycles. The second-order valence-corrected chi connectivity index (χ2v) is 3.96. The molecule has 5 heteroatoms. The smallest absolute Gasteiger partial charge is 0.275 e. The summed E-state index contributed by atoms with van der Waals surface area (Å²) in [6.45, 7) is 7.24. The highest BCUT2D eigenvalue weighted by molar-refractivity contribution is 5.88. The summed E-state index contributed by atoms with van der Waals surface area (Å²) in [5, 5.41) is 0. The van der Waals surface area contributed by atoms with Crippen LogP contribution in [-0.2, 0) is 14.6 Å². The first kappa shape index (κ1) is 14.0. The summed E-state index contributed by atoms with van der Waals surface area (Å²) in [6, 6.07) is 5.77. The van der Waals surface area contributed by atoms with E-state index in [9.17, 15) is 9.59 Å². The van der Waals surface area contributed by atoms with Crippen LogP contribution in [0, 0.1) is 13.8 Å². The van der Waals surface area contributed by atoms with E-state index >= 15 is 0 Å². The number of carbonyl (C=O) groups excluding carboxylic acids is 2. The molecule has 0 fully saturated rings. The zero-order valence-electron chi connectivity index (χ0n) is 11.0. The Bertz CT molecular complexity index is 456. The highest BCUT2D eigenvalue weighted by atomic mass is 17.2. The Morgan fingerprint density at radius 1 is 1.22 bits per heavy atom. The standard InChI is InChI=1S/C13H17NO4/c1-5-14(13(16)18-17-11(4)15)12-8-9(2)6-7-10(12)3/h6-8H,5H2,1-4H3. The predicted octanol–water partition coefficient (Wildman–Crippen LogP) is 2.74. The number of nitrogens with zero attached hydrogens (tertiary/aromatic N) is 1. The summed E-state index contributed by atoms with van der Waals surface area (Å²) in [6.07, 6.45) is -0.707. The van der Waals surface area contributed by atoms with Gasteiger partial charge in [0.05, 0.1) is 5.69 Å². The molecule has 0 saturated carbocycles. The number of hydrogen-bond acceptors (Lipinski definition) is 4. The molecule has 0 aliphatic rings. The van der Waals surface area contributed by atoms with Crippen molar-refractivity contribution in [2.24, 2.45) is 0 Å². The second kappa shape index (κ2) is 6.05. The third-order valence-electron chi connectivity index (χ3n) is 2.42. The van der Waals surface area contributed by atoms with Crippen LogP contribution in [0.5, 0.6) is 0 Å². The number of anilines is 1. The maximum Gasteiger partial charge on any atom is 0.457 e. The molecule has 0 radical (unpaired) electrons. The zero-order chi connectivity index (χ0) is 13.7. The number of carbonyl (C=O) groups is 2. The van der Waals surface area contributed by atoms with Gasteiger partial charge >= 0.3 is 12.1 Å². The highest BCUT2D eigenvalue weighted by Crippen LogP contribution is 2.22. The third kappa shape index (κ3) is 3.48. The van der Waals surface area contributed by atoms with Gasteiger partial charge in [-0.3, -0.25) is 4.90 Å². The molecule has 1 aromatic carbocycles. The Morgan fingerprint density at radius 2 is 1.89 bits per heavy atom. The van der Waals surface area contributed by atoms with Crippen LogP contribution in [0.4, 0.5) is 10.5 Å². The van der Waals surface area contributed by atoms with E-state index in [4.69, 9.17) is 0 Å². The molecule has 1 aromatic rings. The van der Waals surface area contributed by atoms with Crippen LogP contribution >= 0.6 is 0 Å². The van der Waals surface area contributed by atoms with Crippen molar-refractivity contribution < 1.29 is 19.4 Å². The van der Waals surface area contributed by atoms with Gasteiger partial charge in [0.1, 0.15) is 0 Å². The lowest BCUT2D eigenvalue weighted by atomic mass is 10.1. The Kier molecular flexibility index (Phi) is 4.71. The van der Waals surface area contributed by atoms with Crippen LogP contribution < -0.4 is 4.90 Å². The van der Waals surface area contributed by atoms with Crippen LogP contribution in [0.1, 0.15) is 25.0 Å². The SMILES string of the molecule is CCN(C(=O)OOC(C)=O)c1cc(C)ccc1C. The molecule has 5 nitrogen and oxygen atoms in total. The van der Waals surface area contributed by atoms with Crippen molar-refractivity contribution in [2.45, 2.75) is 27.7 Å². The largest absolute Gasteiger partial charge is 0.457 e. The lowest BCUT2D eigenvalue weighted by molar-refractivity contribution is -0.228. The van der Waals surface area contributed by atoms with Gasteiger partial charge < -0.3 is 0 Å². The lowest BCUT2D eigenvalue weighted by Crippen LogP contribution is -2.32. The third-order valence-corrected chi connectivity index (χ3v) is 2.42. The quantitative estimate of drug-likeness (QED) is 0.599. The summed E-state index contributed by atoms with van der Waals surface area (Å²) in [5.41, 5.74) is 2.73. The Balaban J connectivity index is 2.91. The minimum Gasteiger partial charge on any atom is -0.275 e. The van der Waals surface area contributed by atoms with Crippen LogP contribution in [-0.4, -0.2) is 18.6 Å². The maximum atomic E-state index is 11.8. The molecule has 98 valence electrons. The molecule has 0 atom stereocenters. The normalized spacial score (nSPS) is 9.78. The molecule has 1 amide bonds. The molecule has 0 saturated heterocycles. The molecule has 0 aliphatic heterocycles. The zero-order valence-corrected chi connectivity index (χ0v) is 11.0. The fraction of sp³-hybridized carbons (Fsp3) is 0.385. The topological polar surface area (TPSA) is 55.8 Å². The van der Waals surface area contributed by atoms with E-state index in [-0.39, 0.29) is 0 Å². The molecule has 1 rings (SSSR count). The van der Waals surface area contributed by atoms with Gasteiger partial charge in [0.15, 0.2) is 0 Å². The van der Waals surface area contributed by atoms with Gasteiger partial charge in [0.2, 0.25) is 0 Å². The minimum absolute atomic E-state index is 0.421. The monoisotopic (exact) mass is 251 g/mol. The Labute approximate surface area is 106 Å². The van der Waals surface area contributed by atoms with Gasteiger partial charge in [-0.2, -0.15) is 0 Å². The molecular weight excluding hydrogens is 234 g/mol. The van der Waals surface area contributed by atoms with Crippen LogP contribution in [0.2, 0.25) is 0 Å². The molecule has 0 N–H and O–H groups in total. The molecule has 0 unspecified atom stereocenters. The van der Waals surface area contributed by atoms with E-state index in [1.54, 1.807) is 0 Å². The maximum absolute atomic E-state index is 11.8. The van der Waals surface area contributed by atoms with E-state index in [0.29, 0.717) is 6.54 Å². The van der Waals surface area contributed by atoms with E-state index in [2.05, 4.69) is 9.78 Å². The van der Waals surface area contributed by atoms with Crippen LogP contribution in [0.25, 0.3) is 0 Å². The van der Waals surface area contributed by atoms with Gasteiger partial charge in [0, 0.05) is 13.5 Å². The van der Waals surface area contributed by atoms with Crippen molar-refractivity contribution >= 4 is 17.7 Å². The van der Waals surface area contributed by atoms with E-state index in [1.165, 1.54) is 11.8 Å². The van der Waals surface area contributed by atoms with Crippen molar-refractivity contribution in [1.82, 2.24) is 0 Å².